The van der Waals surface area contributed by atoms with Gasteiger partial charge in [-0.15, -0.1) is 0 Å². The third-order valence-corrected chi connectivity index (χ3v) is 3.01. The van der Waals surface area contributed by atoms with E-state index in [1.54, 1.807) is 7.11 Å². The molecule has 2 rings (SSSR count). The maximum atomic E-state index is 8.97. The van der Waals surface area contributed by atoms with Crippen LogP contribution in [-0.2, 0) is 12.8 Å². The van der Waals surface area contributed by atoms with E-state index in [9.17, 15) is 0 Å². The van der Waals surface area contributed by atoms with Crippen LogP contribution in [0.1, 0.15) is 11.1 Å². The van der Waals surface area contributed by atoms with E-state index in [0.717, 1.165) is 24.3 Å². The van der Waals surface area contributed by atoms with Gasteiger partial charge in [-0.25, -0.2) is 0 Å². The molecule has 0 saturated carbocycles. The normalized spacial score (nSPS) is 14.2. The Morgan fingerprint density at radius 1 is 1.47 bits per heavy atom. The Bertz CT molecular complexity index is 363. The summed E-state index contributed by atoms with van der Waals surface area (Å²) in [7, 11) is 3.80. The second kappa shape index (κ2) is 4.11. The van der Waals surface area contributed by atoms with Crippen LogP contribution in [0.15, 0.2) is 12.1 Å². The van der Waals surface area contributed by atoms with E-state index in [1.807, 2.05) is 0 Å². The molecule has 0 amide bonds. The van der Waals surface area contributed by atoms with Crippen LogP contribution < -0.4 is 9.64 Å². The van der Waals surface area contributed by atoms with Gasteiger partial charge in [0.25, 0.3) is 0 Å². The molecule has 1 aromatic rings. The number of benzene rings is 1. The average molecular weight is 207 g/mol. The van der Waals surface area contributed by atoms with Crippen molar-refractivity contribution in [3.05, 3.63) is 23.3 Å². The Hall–Kier alpha value is -1.22. The zero-order valence-electron chi connectivity index (χ0n) is 9.29. The van der Waals surface area contributed by atoms with E-state index in [4.69, 9.17) is 9.84 Å². The van der Waals surface area contributed by atoms with Gasteiger partial charge in [0, 0.05) is 31.5 Å². The molecule has 1 N–H and O–H groups in total. The second-order valence-electron chi connectivity index (χ2n) is 3.90. The fraction of sp³-hybridized carbons (Fsp3) is 0.500. The van der Waals surface area contributed by atoms with E-state index in [0.29, 0.717) is 6.42 Å². The van der Waals surface area contributed by atoms with Gasteiger partial charge in [0.2, 0.25) is 0 Å². The molecular weight excluding hydrogens is 190 g/mol. The highest BCUT2D eigenvalue weighted by molar-refractivity contribution is 5.65. The number of rotatable bonds is 3. The molecule has 82 valence electrons. The topological polar surface area (TPSA) is 32.7 Å². The van der Waals surface area contributed by atoms with Gasteiger partial charge in [-0.2, -0.15) is 0 Å². The lowest BCUT2D eigenvalue weighted by molar-refractivity contribution is 0.296. The lowest BCUT2D eigenvalue weighted by Gasteiger charge is -2.15. The van der Waals surface area contributed by atoms with Gasteiger partial charge in [-0.05, 0) is 24.5 Å². The molecular formula is C12H17NO2. The molecule has 3 heteroatoms. The summed E-state index contributed by atoms with van der Waals surface area (Å²) < 4.78 is 5.45. The number of ether oxygens (including phenoxy) is 1. The summed E-state index contributed by atoms with van der Waals surface area (Å²) >= 11 is 0. The van der Waals surface area contributed by atoms with Crippen LogP contribution in [0.2, 0.25) is 0 Å². The highest BCUT2D eigenvalue weighted by atomic mass is 16.5. The third-order valence-electron chi connectivity index (χ3n) is 3.01. The molecule has 0 atom stereocenters. The van der Waals surface area contributed by atoms with Crippen molar-refractivity contribution in [2.75, 3.05) is 32.2 Å². The van der Waals surface area contributed by atoms with Crippen LogP contribution in [0, 0.1) is 0 Å². The van der Waals surface area contributed by atoms with Gasteiger partial charge in [-0.3, -0.25) is 0 Å². The van der Waals surface area contributed by atoms with Crippen LogP contribution in [0.4, 0.5) is 5.69 Å². The Morgan fingerprint density at radius 2 is 2.27 bits per heavy atom. The van der Waals surface area contributed by atoms with Crippen molar-refractivity contribution in [3.63, 3.8) is 0 Å². The van der Waals surface area contributed by atoms with Crippen LogP contribution in [0.3, 0.4) is 0 Å². The van der Waals surface area contributed by atoms with E-state index < -0.39 is 0 Å². The number of aliphatic hydroxyl groups excluding tert-OH is 1. The number of hydrogen-bond donors (Lipinski definition) is 1. The number of fused-ring (bicyclic) bond motifs is 1. The fourth-order valence-electron chi connectivity index (χ4n) is 2.24. The first-order valence-corrected chi connectivity index (χ1v) is 5.28. The van der Waals surface area contributed by atoms with Gasteiger partial charge >= 0.3 is 0 Å². The summed E-state index contributed by atoms with van der Waals surface area (Å²) in [5.41, 5.74) is 3.65. The number of nitrogens with zero attached hydrogens (tertiary/aromatic N) is 1. The molecule has 0 saturated heterocycles. The summed E-state index contributed by atoms with van der Waals surface area (Å²) in [5.74, 6) is 0.964. The quantitative estimate of drug-likeness (QED) is 0.809. The van der Waals surface area contributed by atoms with Gasteiger partial charge in [0.15, 0.2) is 0 Å². The minimum absolute atomic E-state index is 0.172. The molecule has 0 bridgehead atoms. The summed E-state index contributed by atoms with van der Waals surface area (Å²) in [6, 6.07) is 4.17. The molecule has 1 aromatic carbocycles. The van der Waals surface area contributed by atoms with E-state index in [2.05, 4.69) is 24.1 Å². The number of likely N-dealkylation sites (N-methyl/N-ethyl adjacent to an activating group) is 1. The monoisotopic (exact) mass is 207 g/mol. The van der Waals surface area contributed by atoms with Crippen LogP contribution in [0.25, 0.3) is 0 Å². The van der Waals surface area contributed by atoms with E-state index in [-0.39, 0.29) is 6.61 Å². The van der Waals surface area contributed by atoms with Crippen LogP contribution in [0.5, 0.6) is 5.75 Å². The molecule has 0 fully saturated rings. The highest BCUT2D eigenvalue weighted by Crippen LogP contribution is 2.36. The van der Waals surface area contributed by atoms with Gasteiger partial charge in [0.05, 0.1) is 7.11 Å². The molecule has 0 radical (unpaired) electrons. The minimum atomic E-state index is 0.172. The Balaban J connectivity index is 2.45. The summed E-state index contributed by atoms with van der Waals surface area (Å²) in [6.45, 7) is 1.22. The molecule has 3 nitrogen and oxygen atoms in total. The summed E-state index contributed by atoms with van der Waals surface area (Å²) in [4.78, 5) is 2.24. The van der Waals surface area contributed by atoms with Crippen molar-refractivity contribution in [2.45, 2.75) is 12.8 Å². The van der Waals surface area contributed by atoms with Gasteiger partial charge in [-0.1, -0.05) is 6.07 Å². The average Bonchev–Trinajstić information content (AvgIpc) is 2.61. The van der Waals surface area contributed by atoms with Crippen molar-refractivity contribution in [3.8, 4) is 5.75 Å². The molecule has 0 aromatic heterocycles. The molecule has 1 heterocycles. The highest BCUT2D eigenvalue weighted by Gasteiger charge is 2.21. The first-order valence-electron chi connectivity index (χ1n) is 5.28. The van der Waals surface area contributed by atoms with Crippen LogP contribution >= 0.6 is 0 Å². The SMILES string of the molecule is COc1c(CCO)ccc2c1CCN2C. The fourth-order valence-corrected chi connectivity index (χ4v) is 2.24. The number of anilines is 1. The van der Waals surface area contributed by atoms with Crippen molar-refractivity contribution in [1.29, 1.82) is 0 Å². The smallest absolute Gasteiger partial charge is 0.127 e. The standard InChI is InChI=1S/C12H17NO2/c1-13-7-5-10-11(13)4-3-9(6-8-14)12(10)15-2/h3-4,14H,5-8H2,1-2H3. The Labute approximate surface area is 90.3 Å². The minimum Gasteiger partial charge on any atom is -0.496 e. The zero-order chi connectivity index (χ0) is 10.8. The van der Waals surface area contributed by atoms with Crippen molar-refractivity contribution >= 4 is 5.69 Å². The molecule has 1 aliphatic rings. The lowest BCUT2D eigenvalue weighted by atomic mass is 10.0. The maximum absolute atomic E-state index is 8.97. The molecule has 1 aliphatic heterocycles. The van der Waals surface area contributed by atoms with Crippen molar-refractivity contribution < 1.29 is 9.84 Å². The number of aliphatic hydroxyl groups is 1. The van der Waals surface area contributed by atoms with Crippen molar-refractivity contribution in [2.24, 2.45) is 0 Å². The van der Waals surface area contributed by atoms with Crippen molar-refractivity contribution in [1.82, 2.24) is 0 Å². The first-order chi connectivity index (χ1) is 7.27. The Kier molecular flexibility index (Phi) is 2.82. The summed E-state index contributed by atoms with van der Waals surface area (Å²) in [5, 5.41) is 8.97. The second-order valence-corrected chi connectivity index (χ2v) is 3.90. The number of methoxy groups -OCH3 is 1. The predicted octanol–water partition coefficient (Wildman–Crippen LogP) is 1.22. The Morgan fingerprint density at radius 3 is 2.93 bits per heavy atom. The molecule has 15 heavy (non-hydrogen) atoms. The van der Waals surface area contributed by atoms with E-state index >= 15 is 0 Å². The first kappa shape index (κ1) is 10.3. The number of hydrogen-bond acceptors (Lipinski definition) is 3. The molecule has 0 unspecified atom stereocenters. The van der Waals surface area contributed by atoms with Crippen LogP contribution in [-0.4, -0.2) is 32.4 Å². The third kappa shape index (κ3) is 1.67. The summed E-state index contributed by atoms with van der Waals surface area (Å²) in [6.07, 6.45) is 1.70. The van der Waals surface area contributed by atoms with Gasteiger partial charge in [0.1, 0.15) is 5.75 Å². The maximum Gasteiger partial charge on any atom is 0.127 e. The molecule has 0 aliphatic carbocycles. The molecule has 0 spiro atoms. The predicted molar refractivity (Wildman–Crippen MR) is 60.8 cm³/mol. The largest absolute Gasteiger partial charge is 0.496 e. The zero-order valence-corrected chi connectivity index (χ0v) is 9.29. The van der Waals surface area contributed by atoms with Gasteiger partial charge < -0.3 is 14.7 Å². The van der Waals surface area contributed by atoms with E-state index in [1.165, 1.54) is 11.3 Å². The lowest BCUT2D eigenvalue weighted by Crippen LogP contribution is -2.12.